The maximum absolute atomic E-state index is 11.5. The van der Waals surface area contributed by atoms with Crippen molar-refractivity contribution >= 4 is 11.9 Å². The van der Waals surface area contributed by atoms with Crippen LogP contribution in [0.25, 0.3) is 0 Å². The first-order valence-corrected chi connectivity index (χ1v) is 8.28. The van der Waals surface area contributed by atoms with E-state index in [1.54, 1.807) is 13.0 Å². The largest absolute Gasteiger partial charge is 0.453 e. The summed E-state index contributed by atoms with van der Waals surface area (Å²) >= 11 is 0. The molecule has 3 aliphatic heterocycles. The Kier molecular flexibility index (Phi) is 4.66. The molecule has 0 amide bonds. The summed E-state index contributed by atoms with van der Waals surface area (Å²) < 4.78 is 10.6. The van der Waals surface area contributed by atoms with Crippen molar-refractivity contribution < 1.29 is 19.1 Å². The van der Waals surface area contributed by atoms with E-state index in [-0.39, 0.29) is 18.0 Å². The SMILES string of the molecule is CC1=C/C(=C\CCCN2CCC[C@H]2[C@H]2C=C(C)C(=O)O2)OC1=O. The third-order valence-corrected chi connectivity index (χ3v) is 4.66. The van der Waals surface area contributed by atoms with Gasteiger partial charge >= 0.3 is 11.9 Å². The highest BCUT2D eigenvalue weighted by molar-refractivity contribution is 5.92. The molecule has 5 nitrogen and oxygen atoms in total. The minimum absolute atomic E-state index is 0.0928. The molecule has 1 saturated heterocycles. The molecule has 0 unspecified atom stereocenters. The normalized spacial score (nSPS) is 29.7. The van der Waals surface area contributed by atoms with Gasteiger partial charge in [-0.25, -0.2) is 9.59 Å². The molecule has 23 heavy (non-hydrogen) atoms. The van der Waals surface area contributed by atoms with Gasteiger partial charge in [-0.1, -0.05) is 0 Å². The molecule has 0 aromatic heterocycles. The summed E-state index contributed by atoms with van der Waals surface area (Å²) in [7, 11) is 0. The van der Waals surface area contributed by atoms with E-state index in [9.17, 15) is 9.59 Å². The molecule has 0 aromatic rings. The lowest BCUT2D eigenvalue weighted by molar-refractivity contribution is -0.141. The summed E-state index contributed by atoms with van der Waals surface area (Å²) in [6.45, 7) is 5.59. The van der Waals surface area contributed by atoms with Crippen molar-refractivity contribution in [3.05, 3.63) is 35.1 Å². The lowest BCUT2D eigenvalue weighted by Gasteiger charge is -2.27. The smallest absolute Gasteiger partial charge is 0.339 e. The number of ether oxygens (including phenoxy) is 2. The van der Waals surface area contributed by atoms with E-state index in [1.165, 1.54) is 0 Å². The zero-order valence-corrected chi connectivity index (χ0v) is 13.7. The van der Waals surface area contributed by atoms with Crippen LogP contribution in [0.2, 0.25) is 0 Å². The number of hydrogen-bond acceptors (Lipinski definition) is 5. The van der Waals surface area contributed by atoms with Crippen LogP contribution in [0.5, 0.6) is 0 Å². The summed E-state index contributed by atoms with van der Waals surface area (Å²) in [6, 6.07) is 0.301. The monoisotopic (exact) mass is 317 g/mol. The minimum Gasteiger partial charge on any atom is -0.453 e. The van der Waals surface area contributed by atoms with Gasteiger partial charge in [0.15, 0.2) is 0 Å². The number of rotatable bonds is 5. The number of hydrogen-bond donors (Lipinski definition) is 0. The molecule has 124 valence electrons. The fourth-order valence-electron chi connectivity index (χ4n) is 3.38. The molecule has 2 atom stereocenters. The maximum Gasteiger partial charge on any atom is 0.339 e. The molecule has 0 bridgehead atoms. The van der Waals surface area contributed by atoms with Crippen LogP contribution >= 0.6 is 0 Å². The van der Waals surface area contributed by atoms with Gasteiger partial charge in [0.05, 0.1) is 6.04 Å². The Labute approximate surface area is 136 Å². The van der Waals surface area contributed by atoms with Crippen LogP contribution in [0.4, 0.5) is 0 Å². The number of cyclic esters (lactones) is 2. The van der Waals surface area contributed by atoms with Crippen LogP contribution in [0.3, 0.4) is 0 Å². The lowest BCUT2D eigenvalue weighted by atomic mass is 10.1. The van der Waals surface area contributed by atoms with Crippen LogP contribution in [0.15, 0.2) is 35.1 Å². The molecule has 3 aliphatic rings. The van der Waals surface area contributed by atoms with Gasteiger partial charge in [-0.05, 0) is 70.8 Å². The summed E-state index contributed by atoms with van der Waals surface area (Å²) in [5.74, 6) is 0.228. The van der Waals surface area contributed by atoms with Gasteiger partial charge in [0, 0.05) is 11.1 Å². The molecule has 0 saturated carbocycles. The summed E-state index contributed by atoms with van der Waals surface area (Å²) in [4.78, 5) is 25.2. The van der Waals surface area contributed by atoms with E-state index < -0.39 is 0 Å². The van der Waals surface area contributed by atoms with Gasteiger partial charge in [0.25, 0.3) is 0 Å². The third-order valence-electron chi connectivity index (χ3n) is 4.66. The van der Waals surface area contributed by atoms with Crippen molar-refractivity contribution in [2.75, 3.05) is 13.1 Å². The molecule has 0 aliphatic carbocycles. The molecule has 0 radical (unpaired) electrons. The number of allylic oxidation sites excluding steroid dienone is 2. The second kappa shape index (κ2) is 6.71. The first-order chi connectivity index (χ1) is 11.0. The van der Waals surface area contributed by atoms with Gasteiger partial charge in [0.1, 0.15) is 11.9 Å². The predicted octanol–water partition coefficient (Wildman–Crippen LogP) is 2.49. The van der Waals surface area contributed by atoms with Crippen molar-refractivity contribution in [2.45, 2.75) is 51.7 Å². The average Bonchev–Trinajstić information content (AvgIpc) is 3.18. The van der Waals surface area contributed by atoms with Crippen LogP contribution in [-0.2, 0) is 19.1 Å². The third kappa shape index (κ3) is 3.55. The summed E-state index contributed by atoms with van der Waals surface area (Å²) in [5.41, 5.74) is 1.37. The number of likely N-dealkylation sites (tertiary alicyclic amines) is 1. The fraction of sp³-hybridized carbons (Fsp3) is 0.556. The highest BCUT2D eigenvalue weighted by atomic mass is 16.6. The Morgan fingerprint density at radius 1 is 1.26 bits per heavy atom. The molecule has 0 spiro atoms. The van der Waals surface area contributed by atoms with Crippen LogP contribution < -0.4 is 0 Å². The summed E-state index contributed by atoms with van der Waals surface area (Å²) in [5, 5.41) is 0. The molecule has 3 heterocycles. The first kappa shape index (κ1) is 16.0. The molecule has 1 fully saturated rings. The van der Waals surface area contributed by atoms with Gasteiger partial charge in [-0.2, -0.15) is 0 Å². The molecule has 5 heteroatoms. The van der Waals surface area contributed by atoms with Crippen molar-refractivity contribution in [1.29, 1.82) is 0 Å². The number of nitrogens with zero attached hydrogens (tertiary/aromatic N) is 1. The Balaban J connectivity index is 1.48. The standard InChI is InChI=1S/C18H23NO4/c1-12-10-14(22-17(12)20)6-3-4-8-19-9-5-7-15(19)16-11-13(2)18(21)23-16/h6,10-11,15-16H,3-5,7-9H2,1-2H3/b14-6+/t15-,16+/m0/s1. The van der Waals surface area contributed by atoms with Crippen molar-refractivity contribution in [3.8, 4) is 0 Å². The van der Waals surface area contributed by atoms with E-state index in [2.05, 4.69) is 4.90 Å². The minimum atomic E-state index is -0.249. The van der Waals surface area contributed by atoms with Gasteiger partial charge in [-0.15, -0.1) is 0 Å². The van der Waals surface area contributed by atoms with Gasteiger partial charge in [-0.3, -0.25) is 4.90 Å². The summed E-state index contributed by atoms with van der Waals surface area (Å²) in [6.07, 6.45) is 9.70. The van der Waals surface area contributed by atoms with E-state index >= 15 is 0 Å². The van der Waals surface area contributed by atoms with Gasteiger partial charge in [0.2, 0.25) is 0 Å². The van der Waals surface area contributed by atoms with Crippen molar-refractivity contribution in [3.63, 3.8) is 0 Å². The first-order valence-electron chi connectivity index (χ1n) is 8.28. The number of unbranched alkanes of at least 4 members (excludes halogenated alkanes) is 1. The molecule has 0 N–H and O–H groups in total. The van der Waals surface area contributed by atoms with Crippen LogP contribution in [-0.4, -0.2) is 42.1 Å². The average molecular weight is 317 g/mol. The highest BCUT2D eigenvalue weighted by Gasteiger charge is 2.36. The zero-order valence-electron chi connectivity index (χ0n) is 13.7. The molecule has 3 rings (SSSR count). The topological polar surface area (TPSA) is 55.8 Å². The second-order valence-electron chi connectivity index (χ2n) is 6.43. The Morgan fingerprint density at radius 3 is 2.74 bits per heavy atom. The molecular weight excluding hydrogens is 294 g/mol. The molecular formula is C18H23NO4. The lowest BCUT2D eigenvalue weighted by Crippen LogP contribution is -2.39. The maximum atomic E-state index is 11.5. The van der Waals surface area contributed by atoms with E-state index in [0.29, 0.717) is 17.4 Å². The second-order valence-corrected chi connectivity index (χ2v) is 6.43. The zero-order chi connectivity index (χ0) is 16.4. The predicted molar refractivity (Wildman–Crippen MR) is 85.4 cm³/mol. The number of esters is 2. The Morgan fingerprint density at radius 2 is 2.09 bits per heavy atom. The van der Waals surface area contributed by atoms with E-state index in [4.69, 9.17) is 9.47 Å². The quantitative estimate of drug-likeness (QED) is 0.576. The fourth-order valence-corrected chi connectivity index (χ4v) is 3.38. The van der Waals surface area contributed by atoms with Crippen molar-refractivity contribution in [1.82, 2.24) is 4.90 Å². The number of carbonyl (C=O) groups is 2. The number of carbonyl (C=O) groups excluding carboxylic acids is 2. The van der Waals surface area contributed by atoms with Crippen LogP contribution in [0.1, 0.15) is 39.5 Å². The van der Waals surface area contributed by atoms with Crippen LogP contribution in [0, 0.1) is 0 Å². The highest BCUT2D eigenvalue weighted by Crippen LogP contribution is 2.27. The van der Waals surface area contributed by atoms with Gasteiger partial charge < -0.3 is 9.47 Å². The van der Waals surface area contributed by atoms with E-state index in [0.717, 1.165) is 44.3 Å². The van der Waals surface area contributed by atoms with E-state index in [1.807, 2.05) is 19.1 Å². The van der Waals surface area contributed by atoms with Crippen molar-refractivity contribution in [2.24, 2.45) is 0 Å². The Hall–Kier alpha value is -1.88. The molecule has 0 aromatic carbocycles. The Bertz CT molecular complexity index is 602.